The van der Waals surface area contributed by atoms with E-state index in [0.717, 1.165) is 11.3 Å². The minimum atomic E-state index is -0.388. The number of ether oxygens (including phenoxy) is 1. The molecule has 2 aromatic carbocycles. The zero-order valence-corrected chi connectivity index (χ0v) is 17.5. The standard InChI is InChI=1S/C23H26N4O4/c1-31-20-10-8-18(9-11-20)16-25-22(29)17-26-21(28)12-13-23(30)27(15-5-14-24)19-6-3-2-4-7-19/h2-4,6-11H,5,12-13,15-17H2,1H3,(H,25,29)(H,26,28). The third kappa shape index (κ3) is 8.19. The lowest BCUT2D eigenvalue weighted by atomic mass is 10.2. The van der Waals surface area contributed by atoms with Crippen LogP contribution in [0.3, 0.4) is 0 Å². The largest absolute Gasteiger partial charge is 0.497 e. The van der Waals surface area contributed by atoms with E-state index >= 15 is 0 Å². The lowest BCUT2D eigenvalue weighted by molar-refractivity contribution is -0.127. The van der Waals surface area contributed by atoms with Gasteiger partial charge in [0.25, 0.3) is 0 Å². The highest BCUT2D eigenvalue weighted by Gasteiger charge is 2.17. The predicted octanol–water partition coefficient (Wildman–Crippen LogP) is 2.15. The van der Waals surface area contributed by atoms with Gasteiger partial charge in [0.2, 0.25) is 17.7 Å². The first kappa shape index (κ1) is 23.4. The fourth-order valence-corrected chi connectivity index (χ4v) is 2.80. The SMILES string of the molecule is COc1ccc(CNC(=O)CNC(=O)CCC(=O)N(CCC#N)c2ccccc2)cc1. The molecule has 3 amide bonds. The Hall–Kier alpha value is -3.86. The normalized spacial score (nSPS) is 9.94. The van der Waals surface area contributed by atoms with Gasteiger partial charge in [0.05, 0.1) is 26.1 Å². The zero-order valence-electron chi connectivity index (χ0n) is 17.5. The van der Waals surface area contributed by atoms with E-state index in [2.05, 4.69) is 10.6 Å². The summed E-state index contributed by atoms with van der Waals surface area (Å²) in [7, 11) is 1.58. The summed E-state index contributed by atoms with van der Waals surface area (Å²) in [6, 6.07) is 18.3. The molecule has 162 valence electrons. The Morgan fingerprint density at radius 1 is 0.968 bits per heavy atom. The molecule has 0 spiro atoms. The van der Waals surface area contributed by atoms with Crippen molar-refractivity contribution in [2.24, 2.45) is 0 Å². The first-order chi connectivity index (χ1) is 15.0. The molecule has 31 heavy (non-hydrogen) atoms. The van der Waals surface area contributed by atoms with E-state index in [1.54, 1.807) is 43.5 Å². The van der Waals surface area contributed by atoms with Crippen molar-refractivity contribution in [3.05, 3.63) is 60.2 Å². The van der Waals surface area contributed by atoms with Gasteiger partial charge >= 0.3 is 0 Å². The van der Waals surface area contributed by atoms with E-state index in [0.29, 0.717) is 12.2 Å². The maximum atomic E-state index is 12.5. The maximum Gasteiger partial charge on any atom is 0.239 e. The van der Waals surface area contributed by atoms with Gasteiger partial charge in [-0.3, -0.25) is 14.4 Å². The number of benzene rings is 2. The quantitative estimate of drug-likeness (QED) is 0.576. The van der Waals surface area contributed by atoms with Crippen LogP contribution in [0, 0.1) is 11.3 Å². The van der Waals surface area contributed by atoms with E-state index in [9.17, 15) is 14.4 Å². The third-order valence-electron chi connectivity index (χ3n) is 4.48. The number of rotatable bonds is 11. The lowest BCUT2D eigenvalue weighted by Gasteiger charge is -2.21. The van der Waals surface area contributed by atoms with Gasteiger partial charge in [0.1, 0.15) is 5.75 Å². The number of para-hydroxylation sites is 1. The Morgan fingerprint density at radius 2 is 1.68 bits per heavy atom. The van der Waals surface area contributed by atoms with Crippen molar-refractivity contribution in [1.82, 2.24) is 10.6 Å². The Bertz CT molecular complexity index is 907. The van der Waals surface area contributed by atoms with Crippen molar-refractivity contribution in [3.8, 4) is 11.8 Å². The summed E-state index contributed by atoms with van der Waals surface area (Å²) in [5, 5.41) is 14.1. The topological polar surface area (TPSA) is 112 Å². The highest BCUT2D eigenvalue weighted by atomic mass is 16.5. The molecule has 0 heterocycles. The summed E-state index contributed by atoms with van der Waals surface area (Å²) < 4.78 is 5.08. The number of carbonyl (C=O) groups excluding carboxylic acids is 3. The first-order valence-corrected chi connectivity index (χ1v) is 9.92. The molecule has 2 N–H and O–H groups in total. The van der Waals surface area contributed by atoms with E-state index in [1.165, 1.54) is 4.90 Å². The van der Waals surface area contributed by atoms with Crippen molar-refractivity contribution in [3.63, 3.8) is 0 Å². The summed E-state index contributed by atoms with van der Waals surface area (Å²) in [5.41, 5.74) is 1.59. The summed E-state index contributed by atoms with van der Waals surface area (Å²) in [6.07, 6.45) is 0.140. The summed E-state index contributed by atoms with van der Waals surface area (Å²) in [4.78, 5) is 38.0. The molecule has 8 heteroatoms. The van der Waals surface area contributed by atoms with Crippen LogP contribution >= 0.6 is 0 Å². The zero-order chi connectivity index (χ0) is 22.5. The molecule has 0 fully saturated rings. The number of anilines is 1. The maximum absolute atomic E-state index is 12.5. The van der Waals surface area contributed by atoms with E-state index < -0.39 is 0 Å². The Kier molecular flexibility index (Phi) is 9.56. The first-order valence-electron chi connectivity index (χ1n) is 9.92. The van der Waals surface area contributed by atoms with E-state index in [-0.39, 0.29) is 50.1 Å². The van der Waals surface area contributed by atoms with Gasteiger partial charge in [0.15, 0.2) is 0 Å². The number of carbonyl (C=O) groups is 3. The molecule has 0 aliphatic heterocycles. The molecule has 0 bridgehead atoms. The summed E-state index contributed by atoms with van der Waals surface area (Å²) >= 11 is 0. The van der Waals surface area contributed by atoms with Crippen molar-refractivity contribution in [2.75, 3.05) is 25.1 Å². The van der Waals surface area contributed by atoms with Crippen LogP contribution in [0.15, 0.2) is 54.6 Å². The molecule has 0 aliphatic carbocycles. The van der Waals surface area contributed by atoms with Crippen LogP contribution in [0.4, 0.5) is 5.69 Å². The van der Waals surface area contributed by atoms with E-state index in [1.807, 2.05) is 24.3 Å². The molecule has 0 saturated heterocycles. The molecular formula is C23H26N4O4. The Labute approximate surface area is 181 Å². The van der Waals surface area contributed by atoms with Crippen LogP contribution in [0.2, 0.25) is 0 Å². The number of nitriles is 1. The van der Waals surface area contributed by atoms with Gasteiger partial charge in [-0.1, -0.05) is 30.3 Å². The molecule has 0 aromatic heterocycles. The second-order valence-corrected chi connectivity index (χ2v) is 6.69. The average molecular weight is 422 g/mol. The molecule has 8 nitrogen and oxygen atoms in total. The number of hydrogen-bond acceptors (Lipinski definition) is 5. The third-order valence-corrected chi connectivity index (χ3v) is 4.48. The fourth-order valence-electron chi connectivity index (χ4n) is 2.80. The number of methoxy groups -OCH3 is 1. The highest BCUT2D eigenvalue weighted by Crippen LogP contribution is 2.15. The number of nitrogens with one attached hydrogen (secondary N) is 2. The molecule has 0 unspecified atom stereocenters. The number of amides is 3. The molecule has 0 saturated carbocycles. The van der Waals surface area contributed by atoms with Crippen molar-refractivity contribution < 1.29 is 19.1 Å². The van der Waals surface area contributed by atoms with Gasteiger partial charge in [-0.2, -0.15) is 5.26 Å². The molecule has 0 atom stereocenters. The number of nitrogens with zero attached hydrogens (tertiary/aromatic N) is 2. The molecule has 2 aromatic rings. The smallest absolute Gasteiger partial charge is 0.239 e. The monoisotopic (exact) mass is 422 g/mol. The van der Waals surface area contributed by atoms with Crippen molar-refractivity contribution in [2.45, 2.75) is 25.8 Å². The molecular weight excluding hydrogens is 396 g/mol. The van der Waals surface area contributed by atoms with Gasteiger partial charge in [-0.15, -0.1) is 0 Å². The highest BCUT2D eigenvalue weighted by molar-refractivity contribution is 5.95. The second-order valence-electron chi connectivity index (χ2n) is 6.69. The summed E-state index contributed by atoms with van der Waals surface area (Å²) in [6.45, 7) is 0.427. The fraction of sp³-hybridized carbons (Fsp3) is 0.304. The van der Waals surface area contributed by atoms with Gasteiger partial charge in [-0.25, -0.2) is 0 Å². The van der Waals surface area contributed by atoms with Crippen LogP contribution in [0.5, 0.6) is 5.75 Å². The van der Waals surface area contributed by atoms with Gasteiger partial charge in [-0.05, 0) is 29.8 Å². The van der Waals surface area contributed by atoms with Crippen LogP contribution in [-0.4, -0.2) is 37.9 Å². The average Bonchev–Trinajstić information content (AvgIpc) is 2.81. The van der Waals surface area contributed by atoms with Crippen LogP contribution in [0.25, 0.3) is 0 Å². The Balaban J connectivity index is 1.73. The van der Waals surface area contributed by atoms with Crippen LogP contribution < -0.4 is 20.3 Å². The molecule has 0 aliphatic rings. The van der Waals surface area contributed by atoms with E-state index in [4.69, 9.17) is 10.00 Å². The van der Waals surface area contributed by atoms with Crippen LogP contribution in [0.1, 0.15) is 24.8 Å². The second kappa shape index (κ2) is 12.6. The minimum absolute atomic E-state index is 0.0143. The van der Waals surface area contributed by atoms with Crippen LogP contribution in [-0.2, 0) is 20.9 Å². The lowest BCUT2D eigenvalue weighted by Crippen LogP contribution is -2.37. The van der Waals surface area contributed by atoms with Crippen molar-refractivity contribution in [1.29, 1.82) is 5.26 Å². The number of hydrogen-bond donors (Lipinski definition) is 2. The van der Waals surface area contributed by atoms with Gasteiger partial charge in [0, 0.05) is 31.6 Å². The predicted molar refractivity (Wildman–Crippen MR) is 116 cm³/mol. The summed E-state index contributed by atoms with van der Waals surface area (Å²) in [5.74, 6) is -0.229. The Morgan fingerprint density at radius 3 is 2.32 bits per heavy atom. The molecule has 2 rings (SSSR count). The van der Waals surface area contributed by atoms with Crippen molar-refractivity contribution >= 4 is 23.4 Å². The molecule has 0 radical (unpaired) electrons. The van der Waals surface area contributed by atoms with Gasteiger partial charge < -0.3 is 20.3 Å². The minimum Gasteiger partial charge on any atom is -0.497 e.